The van der Waals surface area contributed by atoms with E-state index in [9.17, 15) is 32.9 Å². The highest BCUT2D eigenvalue weighted by Gasteiger charge is 2.31. The number of rotatable bonds is 8. The van der Waals surface area contributed by atoms with Crippen LogP contribution in [0, 0.1) is 10.1 Å². The quantitative estimate of drug-likeness (QED) is 0.379. The van der Waals surface area contributed by atoms with Crippen LogP contribution >= 0.6 is 0 Å². The van der Waals surface area contributed by atoms with Gasteiger partial charge in [-0.2, -0.15) is 13.2 Å². The molecule has 1 aliphatic rings. The molecule has 0 aromatic heterocycles. The average Bonchev–Trinajstić information content (AvgIpc) is 2.83. The molecule has 0 heterocycles. The van der Waals surface area contributed by atoms with E-state index >= 15 is 0 Å². The molecule has 8 nitrogen and oxygen atoms in total. The zero-order valence-electron chi connectivity index (χ0n) is 19.1. The van der Waals surface area contributed by atoms with Gasteiger partial charge in [0.2, 0.25) is 5.91 Å². The van der Waals surface area contributed by atoms with Crippen molar-refractivity contribution >= 4 is 17.5 Å². The molecular formula is C24H27F3N4O4. The van der Waals surface area contributed by atoms with Gasteiger partial charge in [-0.1, -0.05) is 31.0 Å². The molecule has 3 unspecified atom stereocenters. The van der Waals surface area contributed by atoms with E-state index < -0.39 is 28.5 Å². The summed E-state index contributed by atoms with van der Waals surface area (Å²) in [5, 5.41) is 19.6. The summed E-state index contributed by atoms with van der Waals surface area (Å²) >= 11 is 0. The highest BCUT2D eigenvalue weighted by atomic mass is 19.4. The van der Waals surface area contributed by atoms with Gasteiger partial charge in [-0.15, -0.1) is 0 Å². The minimum absolute atomic E-state index is 0.0101. The highest BCUT2D eigenvalue weighted by molar-refractivity contribution is 5.96. The van der Waals surface area contributed by atoms with Crippen molar-refractivity contribution in [2.45, 2.75) is 56.9 Å². The maximum Gasteiger partial charge on any atom is 0.416 e. The van der Waals surface area contributed by atoms with E-state index in [4.69, 9.17) is 0 Å². The minimum atomic E-state index is -4.57. The number of hydrogen-bond acceptors (Lipinski definition) is 5. The van der Waals surface area contributed by atoms with E-state index in [1.165, 1.54) is 18.2 Å². The number of nitro benzene ring substituents is 1. The lowest BCUT2D eigenvalue weighted by Crippen LogP contribution is -2.53. The number of benzene rings is 2. The Morgan fingerprint density at radius 3 is 2.37 bits per heavy atom. The smallest absolute Gasteiger partial charge is 0.350 e. The molecule has 0 bridgehead atoms. The molecular weight excluding hydrogens is 465 g/mol. The summed E-state index contributed by atoms with van der Waals surface area (Å²) in [6.07, 6.45) is -1.12. The van der Waals surface area contributed by atoms with Crippen molar-refractivity contribution in [3.8, 4) is 0 Å². The predicted octanol–water partition coefficient (Wildman–Crippen LogP) is 4.12. The van der Waals surface area contributed by atoms with Gasteiger partial charge in [0.25, 0.3) is 11.6 Å². The van der Waals surface area contributed by atoms with Crippen LogP contribution in [-0.2, 0) is 11.0 Å². The molecule has 0 radical (unpaired) electrons. The molecule has 11 heteroatoms. The number of halogens is 3. The van der Waals surface area contributed by atoms with Crippen LogP contribution < -0.4 is 16.0 Å². The summed E-state index contributed by atoms with van der Waals surface area (Å²) in [5.74, 6) is -1.21. The summed E-state index contributed by atoms with van der Waals surface area (Å²) in [6, 6.07) is 9.93. The first-order chi connectivity index (χ1) is 16.5. The van der Waals surface area contributed by atoms with Gasteiger partial charge in [0.1, 0.15) is 0 Å². The molecule has 0 aliphatic heterocycles. The van der Waals surface area contributed by atoms with Gasteiger partial charge in [-0.25, -0.2) is 0 Å². The summed E-state index contributed by atoms with van der Waals surface area (Å²) in [7, 11) is 0. The van der Waals surface area contributed by atoms with Crippen molar-refractivity contribution in [2.75, 3.05) is 6.54 Å². The van der Waals surface area contributed by atoms with E-state index in [1.54, 1.807) is 12.1 Å². The summed E-state index contributed by atoms with van der Waals surface area (Å²) in [6.45, 7) is 1.57. The fraction of sp³-hybridized carbons (Fsp3) is 0.417. The first-order valence-corrected chi connectivity index (χ1v) is 11.3. The molecule has 1 saturated carbocycles. The number of nitro groups is 1. The molecule has 35 heavy (non-hydrogen) atoms. The number of nitrogens with one attached hydrogen (secondary N) is 3. The van der Waals surface area contributed by atoms with Crippen LogP contribution in [0.2, 0.25) is 0 Å². The van der Waals surface area contributed by atoms with Crippen LogP contribution in [0.5, 0.6) is 0 Å². The van der Waals surface area contributed by atoms with Gasteiger partial charge in [0.05, 0.1) is 17.0 Å². The monoisotopic (exact) mass is 492 g/mol. The third kappa shape index (κ3) is 7.25. The third-order valence-corrected chi connectivity index (χ3v) is 6.04. The van der Waals surface area contributed by atoms with Crippen molar-refractivity contribution in [3.05, 3.63) is 75.3 Å². The van der Waals surface area contributed by atoms with Crippen molar-refractivity contribution in [3.63, 3.8) is 0 Å². The van der Waals surface area contributed by atoms with Gasteiger partial charge in [0.15, 0.2) is 0 Å². The molecule has 1 aliphatic carbocycles. The standard InChI is InChI=1S/C24H27F3N4O4/c1-15(16-9-11-19(12-10-16)31(34)35)29-20-7-2-3-8-21(20)30-22(32)14-28-23(33)17-5-4-6-18(13-17)24(25,26)27/h4-6,9-13,15,20-21,29H,2-3,7-8,14H2,1H3,(H,28,33)(H,30,32). The maximum absolute atomic E-state index is 12.9. The largest absolute Gasteiger partial charge is 0.416 e. The fourth-order valence-corrected chi connectivity index (χ4v) is 4.16. The Kier molecular flexibility index (Phi) is 8.44. The lowest BCUT2D eigenvalue weighted by Gasteiger charge is -2.35. The molecule has 188 valence electrons. The number of carbonyl (C=O) groups excluding carboxylic acids is 2. The number of carbonyl (C=O) groups is 2. The summed E-state index contributed by atoms with van der Waals surface area (Å²) < 4.78 is 38.6. The van der Waals surface area contributed by atoms with E-state index in [2.05, 4.69) is 16.0 Å². The van der Waals surface area contributed by atoms with Crippen LogP contribution in [0.15, 0.2) is 48.5 Å². The van der Waals surface area contributed by atoms with Gasteiger partial charge in [-0.05, 0) is 43.5 Å². The first-order valence-electron chi connectivity index (χ1n) is 11.3. The second kappa shape index (κ2) is 11.3. The third-order valence-electron chi connectivity index (χ3n) is 6.04. The van der Waals surface area contributed by atoms with Crippen molar-refractivity contribution in [1.29, 1.82) is 0 Å². The Bertz CT molecular complexity index is 1060. The Morgan fingerprint density at radius 2 is 1.74 bits per heavy atom. The molecule has 2 amide bonds. The minimum Gasteiger partial charge on any atom is -0.350 e. The number of alkyl halides is 3. The summed E-state index contributed by atoms with van der Waals surface area (Å²) in [4.78, 5) is 35.1. The molecule has 2 aromatic rings. The van der Waals surface area contributed by atoms with Gasteiger partial charge in [0, 0.05) is 35.8 Å². The lowest BCUT2D eigenvalue weighted by atomic mass is 9.89. The van der Waals surface area contributed by atoms with Gasteiger partial charge < -0.3 is 16.0 Å². The van der Waals surface area contributed by atoms with E-state index in [0.29, 0.717) is 0 Å². The fourth-order valence-electron chi connectivity index (χ4n) is 4.16. The SMILES string of the molecule is CC(NC1CCCCC1NC(=O)CNC(=O)c1cccc(C(F)(F)F)c1)c1ccc([N+](=O)[O-])cc1. The molecule has 3 rings (SSSR count). The summed E-state index contributed by atoms with van der Waals surface area (Å²) in [5.41, 5.74) is -0.231. The predicted molar refractivity (Wildman–Crippen MR) is 123 cm³/mol. The molecule has 0 saturated heterocycles. The molecule has 0 spiro atoms. The van der Waals surface area contributed by atoms with Crippen LogP contribution in [0.25, 0.3) is 0 Å². The average molecular weight is 492 g/mol. The Morgan fingerprint density at radius 1 is 1.09 bits per heavy atom. The normalized spacial score (nSPS) is 19.0. The van der Waals surface area contributed by atoms with Crippen molar-refractivity contribution in [1.82, 2.24) is 16.0 Å². The number of non-ortho nitro benzene ring substituents is 1. The van der Waals surface area contributed by atoms with Crippen LogP contribution in [0.1, 0.15) is 60.1 Å². The highest BCUT2D eigenvalue weighted by Crippen LogP contribution is 2.29. The van der Waals surface area contributed by atoms with Crippen LogP contribution in [0.4, 0.5) is 18.9 Å². The van der Waals surface area contributed by atoms with E-state index in [-0.39, 0.29) is 35.9 Å². The lowest BCUT2D eigenvalue weighted by molar-refractivity contribution is -0.384. The molecule has 3 atom stereocenters. The van der Waals surface area contributed by atoms with Crippen LogP contribution in [-0.4, -0.2) is 35.4 Å². The number of hydrogen-bond donors (Lipinski definition) is 3. The van der Waals surface area contributed by atoms with E-state index in [1.807, 2.05) is 6.92 Å². The Balaban J connectivity index is 1.54. The van der Waals surface area contributed by atoms with Crippen molar-refractivity contribution in [2.24, 2.45) is 0 Å². The van der Waals surface area contributed by atoms with E-state index in [0.717, 1.165) is 49.4 Å². The second-order valence-electron chi connectivity index (χ2n) is 8.56. The van der Waals surface area contributed by atoms with Crippen molar-refractivity contribution < 1.29 is 27.7 Å². The Labute approximate surface area is 200 Å². The second-order valence-corrected chi connectivity index (χ2v) is 8.56. The molecule has 2 aromatic carbocycles. The van der Waals surface area contributed by atoms with Crippen LogP contribution in [0.3, 0.4) is 0 Å². The first kappa shape index (κ1) is 26.1. The maximum atomic E-state index is 12.9. The number of amides is 2. The number of nitrogens with zero attached hydrogens (tertiary/aromatic N) is 1. The van der Waals surface area contributed by atoms with Gasteiger partial charge in [-0.3, -0.25) is 19.7 Å². The Hall–Kier alpha value is -3.47. The molecule has 1 fully saturated rings. The zero-order valence-corrected chi connectivity index (χ0v) is 19.1. The zero-order chi connectivity index (χ0) is 25.6. The molecule has 3 N–H and O–H groups in total. The van der Waals surface area contributed by atoms with Gasteiger partial charge >= 0.3 is 6.18 Å². The topological polar surface area (TPSA) is 113 Å².